The van der Waals surface area contributed by atoms with E-state index in [9.17, 15) is 5.11 Å². The Morgan fingerprint density at radius 2 is 2.19 bits per heavy atom. The molecule has 1 unspecified atom stereocenters. The summed E-state index contributed by atoms with van der Waals surface area (Å²) in [6.07, 6.45) is 4.20. The quantitative estimate of drug-likeness (QED) is 0.919. The fourth-order valence-corrected chi connectivity index (χ4v) is 4.62. The van der Waals surface area contributed by atoms with Crippen LogP contribution in [0.2, 0.25) is 5.02 Å². The zero-order chi connectivity index (χ0) is 14.7. The maximum absolute atomic E-state index is 9.48. The SMILES string of the molecule is OCc1c(Cl)cccc1OC1CCOC2(CCSCC2)C1. The molecule has 3 nitrogen and oxygen atoms in total. The highest BCUT2D eigenvalue weighted by Crippen LogP contribution is 2.39. The lowest BCUT2D eigenvalue weighted by atomic mass is 9.86. The number of benzene rings is 1. The van der Waals surface area contributed by atoms with E-state index >= 15 is 0 Å². The molecule has 2 aliphatic heterocycles. The van der Waals surface area contributed by atoms with E-state index in [4.69, 9.17) is 21.1 Å². The van der Waals surface area contributed by atoms with Gasteiger partial charge in [0.1, 0.15) is 11.9 Å². The molecule has 0 saturated carbocycles. The van der Waals surface area contributed by atoms with Crippen molar-refractivity contribution in [3.63, 3.8) is 0 Å². The summed E-state index contributed by atoms with van der Waals surface area (Å²) in [6.45, 7) is 0.657. The van der Waals surface area contributed by atoms with E-state index in [-0.39, 0.29) is 18.3 Å². The second-order valence-corrected chi connectivity index (χ2v) is 7.38. The number of hydrogen-bond donors (Lipinski definition) is 1. The predicted molar refractivity (Wildman–Crippen MR) is 86.3 cm³/mol. The minimum atomic E-state index is -0.0972. The maximum atomic E-state index is 9.48. The molecule has 0 radical (unpaired) electrons. The van der Waals surface area contributed by atoms with Crippen LogP contribution in [0.4, 0.5) is 0 Å². The van der Waals surface area contributed by atoms with Crippen molar-refractivity contribution in [1.29, 1.82) is 0 Å². The van der Waals surface area contributed by atoms with Crippen LogP contribution in [0, 0.1) is 0 Å². The molecular weight excluding hydrogens is 308 g/mol. The monoisotopic (exact) mass is 328 g/mol. The van der Waals surface area contributed by atoms with Crippen molar-refractivity contribution in [2.45, 2.75) is 44.0 Å². The van der Waals surface area contributed by atoms with Crippen molar-refractivity contribution in [3.05, 3.63) is 28.8 Å². The van der Waals surface area contributed by atoms with Crippen LogP contribution < -0.4 is 4.74 Å². The fraction of sp³-hybridized carbons (Fsp3) is 0.625. The number of aliphatic hydroxyl groups is 1. The molecule has 2 aliphatic rings. The molecule has 1 aromatic rings. The van der Waals surface area contributed by atoms with Gasteiger partial charge in [-0.05, 0) is 36.5 Å². The Kier molecular flexibility index (Phi) is 4.99. The molecule has 3 rings (SSSR count). The highest BCUT2D eigenvalue weighted by atomic mass is 35.5. The Balaban J connectivity index is 1.71. The lowest BCUT2D eigenvalue weighted by Gasteiger charge is -2.43. The Hall–Kier alpha value is -0.420. The Morgan fingerprint density at radius 1 is 1.38 bits per heavy atom. The van der Waals surface area contributed by atoms with Crippen LogP contribution in [0.1, 0.15) is 31.2 Å². The summed E-state index contributed by atoms with van der Waals surface area (Å²) in [5.74, 6) is 3.05. The smallest absolute Gasteiger partial charge is 0.126 e. The molecule has 0 bridgehead atoms. The van der Waals surface area contributed by atoms with Crippen LogP contribution in [0.15, 0.2) is 18.2 Å². The third kappa shape index (κ3) is 3.50. The molecule has 1 spiro atoms. The lowest BCUT2D eigenvalue weighted by molar-refractivity contribution is -0.116. The first-order chi connectivity index (χ1) is 10.2. The predicted octanol–water partition coefficient (Wildman–Crippen LogP) is 3.66. The third-order valence-electron chi connectivity index (χ3n) is 4.38. The number of rotatable bonds is 3. The van der Waals surface area contributed by atoms with Gasteiger partial charge in [0.15, 0.2) is 0 Å². The number of ether oxygens (including phenoxy) is 2. The number of halogens is 1. The number of aliphatic hydroxyl groups excluding tert-OH is 1. The van der Waals surface area contributed by atoms with Gasteiger partial charge in [-0.2, -0.15) is 11.8 Å². The summed E-state index contributed by atoms with van der Waals surface area (Å²) < 4.78 is 12.2. The first kappa shape index (κ1) is 15.5. The third-order valence-corrected chi connectivity index (χ3v) is 5.72. The summed E-state index contributed by atoms with van der Waals surface area (Å²) in [5.41, 5.74) is 0.686. The van der Waals surface area contributed by atoms with Crippen molar-refractivity contribution < 1.29 is 14.6 Å². The Bertz CT molecular complexity index is 483. The van der Waals surface area contributed by atoms with Gasteiger partial charge in [0.2, 0.25) is 0 Å². The molecule has 21 heavy (non-hydrogen) atoms. The molecule has 1 N–H and O–H groups in total. The van der Waals surface area contributed by atoms with Crippen LogP contribution in [0.25, 0.3) is 0 Å². The largest absolute Gasteiger partial charge is 0.490 e. The van der Waals surface area contributed by atoms with Gasteiger partial charge in [-0.25, -0.2) is 0 Å². The van der Waals surface area contributed by atoms with Gasteiger partial charge in [-0.1, -0.05) is 17.7 Å². The van der Waals surface area contributed by atoms with Crippen molar-refractivity contribution in [2.24, 2.45) is 0 Å². The van der Waals surface area contributed by atoms with Gasteiger partial charge in [0.05, 0.1) is 18.8 Å². The molecule has 0 amide bonds. The molecule has 1 aromatic carbocycles. The van der Waals surface area contributed by atoms with E-state index in [2.05, 4.69) is 0 Å². The zero-order valence-corrected chi connectivity index (χ0v) is 13.6. The number of thioether (sulfide) groups is 1. The summed E-state index contributed by atoms with van der Waals surface area (Å²) in [7, 11) is 0. The van der Waals surface area contributed by atoms with Crippen molar-refractivity contribution in [2.75, 3.05) is 18.1 Å². The topological polar surface area (TPSA) is 38.7 Å². The Labute approximate surface area is 135 Å². The molecule has 1 atom stereocenters. The molecule has 2 fully saturated rings. The van der Waals surface area contributed by atoms with E-state index in [1.165, 1.54) is 11.5 Å². The normalized spacial score (nSPS) is 25.0. The van der Waals surface area contributed by atoms with Gasteiger partial charge >= 0.3 is 0 Å². The van der Waals surface area contributed by atoms with Crippen LogP contribution in [-0.4, -0.2) is 34.9 Å². The molecule has 116 valence electrons. The lowest BCUT2D eigenvalue weighted by Crippen LogP contribution is -2.46. The first-order valence-corrected chi connectivity index (χ1v) is 9.02. The Morgan fingerprint density at radius 3 is 2.95 bits per heavy atom. The minimum absolute atomic E-state index is 0.00607. The summed E-state index contributed by atoms with van der Waals surface area (Å²) >= 11 is 8.13. The van der Waals surface area contributed by atoms with E-state index in [0.717, 1.165) is 32.3 Å². The first-order valence-electron chi connectivity index (χ1n) is 7.49. The highest BCUT2D eigenvalue weighted by Gasteiger charge is 2.39. The molecule has 0 aliphatic carbocycles. The maximum Gasteiger partial charge on any atom is 0.126 e. The minimum Gasteiger partial charge on any atom is -0.490 e. The fourth-order valence-electron chi connectivity index (χ4n) is 3.16. The van der Waals surface area contributed by atoms with Crippen LogP contribution in [-0.2, 0) is 11.3 Å². The van der Waals surface area contributed by atoms with E-state index in [0.29, 0.717) is 16.3 Å². The van der Waals surface area contributed by atoms with Crippen molar-refractivity contribution in [1.82, 2.24) is 0 Å². The van der Waals surface area contributed by atoms with Crippen molar-refractivity contribution >= 4 is 23.4 Å². The molecular formula is C16H21ClO3S. The second kappa shape index (κ2) is 6.78. The summed E-state index contributed by atoms with van der Waals surface area (Å²) in [6, 6.07) is 5.53. The van der Waals surface area contributed by atoms with Gasteiger partial charge in [-0.15, -0.1) is 0 Å². The summed E-state index contributed by atoms with van der Waals surface area (Å²) in [5, 5.41) is 10.0. The van der Waals surface area contributed by atoms with Gasteiger partial charge in [-0.3, -0.25) is 0 Å². The second-order valence-electron chi connectivity index (χ2n) is 5.75. The van der Waals surface area contributed by atoms with Gasteiger partial charge < -0.3 is 14.6 Å². The van der Waals surface area contributed by atoms with E-state index in [1.54, 1.807) is 6.07 Å². The molecule has 5 heteroatoms. The summed E-state index contributed by atoms with van der Waals surface area (Å²) in [4.78, 5) is 0. The molecule has 2 saturated heterocycles. The average molecular weight is 329 g/mol. The van der Waals surface area contributed by atoms with Gasteiger partial charge in [0, 0.05) is 23.4 Å². The van der Waals surface area contributed by atoms with Crippen LogP contribution in [0.3, 0.4) is 0 Å². The van der Waals surface area contributed by atoms with Crippen LogP contribution in [0.5, 0.6) is 5.75 Å². The van der Waals surface area contributed by atoms with Gasteiger partial charge in [0.25, 0.3) is 0 Å². The van der Waals surface area contributed by atoms with E-state index < -0.39 is 0 Å². The highest BCUT2D eigenvalue weighted by molar-refractivity contribution is 7.99. The molecule has 2 heterocycles. The number of hydrogen-bond acceptors (Lipinski definition) is 4. The van der Waals surface area contributed by atoms with Crippen LogP contribution >= 0.6 is 23.4 Å². The molecule has 0 aromatic heterocycles. The average Bonchev–Trinajstić information content (AvgIpc) is 2.48. The van der Waals surface area contributed by atoms with Crippen molar-refractivity contribution in [3.8, 4) is 5.75 Å². The zero-order valence-electron chi connectivity index (χ0n) is 12.0. The standard InChI is InChI=1S/C16H21ClO3S/c17-14-2-1-3-15(13(14)11-18)20-12-4-7-19-16(10-12)5-8-21-9-6-16/h1-3,12,18H,4-11H2. The van der Waals surface area contributed by atoms with E-state index in [1.807, 2.05) is 23.9 Å².